The van der Waals surface area contributed by atoms with Crippen LogP contribution in [-0.2, 0) is 4.79 Å². The van der Waals surface area contributed by atoms with E-state index in [2.05, 4.69) is 40.3 Å². The van der Waals surface area contributed by atoms with Crippen molar-refractivity contribution in [1.82, 2.24) is 5.32 Å². The Balaban J connectivity index is 2.23. The van der Waals surface area contributed by atoms with Gasteiger partial charge in [-0.3, -0.25) is 4.79 Å². The lowest BCUT2D eigenvalue weighted by Gasteiger charge is -2.14. The van der Waals surface area contributed by atoms with Gasteiger partial charge >= 0.3 is 0 Å². The van der Waals surface area contributed by atoms with Crippen LogP contribution >= 0.6 is 15.9 Å². The second-order valence-electron chi connectivity index (χ2n) is 3.72. The van der Waals surface area contributed by atoms with Gasteiger partial charge in [-0.25, -0.2) is 0 Å². The highest BCUT2D eigenvalue weighted by Gasteiger charge is 2.29. The lowest BCUT2D eigenvalue weighted by atomic mass is 9.93. The minimum absolute atomic E-state index is 0.158. The molecule has 0 unspecified atom stereocenters. The molecule has 74 valence electrons. The summed E-state index contributed by atoms with van der Waals surface area (Å²) in [6.07, 6.45) is 0.614. The van der Waals surface area contributed by atoms with Crippen molar-refractivity contribution in [3.05, 3.63) is 34.3 Å². The highest BCUT2D eigenvalue weighted by Crippen LogP contribution is 2.28. The van der Waals surface area contributed by atoms with Crippen LogP contribution in [0, 0.1) is 0 Å². The maximum atomic E-state index is 11.2. The topological polar surface area (TPSA) is 29.1 Å². The average Bonchev–Trinajstić information content (AvgIpc) is 2.47. The third-order valence-electron chi connectivity index (χ3n) is 2.70. The van der Waals surface area contributed by atoms with Gasteiger partial charge in [0.15, 0.2) is 0 Å². The molecule has 2 nitrogen and oxygen atoms in total. The molecule has 1 amide bonds. The van der Waals surface area contributed by atoms with Crippen molar-refractivity contribution in [2.24, 2.45) is 0 Å². The molecule has 0 spiro atoms. The summed E-state index contributed by atoms with van der Waals surface area (Å²) in [7, 11) is 0. The van der Waals surface area contributed by atoms with Crippen molar-refractivity contribution in [1.29, 1.82) is 0 Å². The van der Waals surface area contributed by atoms with Crippen molar-refractivity contribution < 1.29 is 4.79 Å². The number of carbonyl (C=O) groups excluding carboxylic acids is 1. The first-order valence-corrected chi connectivity index (χ1v) is 5.51. The van der Waals surface area contributed by atoms with Gasteiger partial charge < -0.3 is 5.32 Å². The van der Waals surface area contributed by atoms with Crippen LogP contribution in [0.2, 0.25) is 0 Å². The Morgan fingerprint density at radius 3 is 2.50 bits per heavy atom. The van der Waals surface area contributed by atoms with E-state index in [1.807, 2.05) is 12.1 Å². The smallest absolute Gasteiger partial charge is 0.220 e. The maximum absolute atomic E-state index is 11.2. The van der Waals surface area contributed by atoms with Gasteiger partial charge in [-0.15, -0.1) is 0 Å². The highest BCUT2D eigenvalue weighted by molar-refractivity contribution is 9.10. The predicted molar refractivity (Wildman–Crippen MR) is 59.1 cm³/mol. The number of nitrogens with one attached hydrogen (secondary N) is 1. The fourth-order valence-corrected chi connectivity index (χ4v) is 2.17. The van der Waals surface area contributed by atoms with Gasteiger partial charge in [0.1, 0.15) is 0 Å². The first-order valence-electron chi connectivity index (χ1n) is 4.71. The molecule has 0 saturated carbocycles. The van der Waals surface area contributed by atoms with Gasteiger partial charge in [0.25, 0.3) is 0 Å². The third-order valence-corrected chi connectivity index (χ3v) is 3.22. The quantitative estimate of drug-likeness (QED) is 0.819. The largest absolute Gasteiger partial charge is 0.353 e. The van der Waals surface area contributed by atoms with E-state index >= 15 is 0 Å². The lowest BCUT2D eigenvalue weighted by Crippen LogP contribution is -2.24. The van der Waals surface area contributed by atoms with E-state index in [9.17, 15) is 4.79 Å². The molecule has 1 saturated heterocycles. The number of benzene rings is 1. The molecule has 3 heteroatoms. The minimum Gasteiger partial charge on any atom is -0.353 e. The molecular formula is C11H12BrNO. The van der Waals surface area contributed by atoms with Crippen molar-refractivity contribution in [3.8, 4) is 0 Å². The minimum atomic E-state index is 0.158. The van der Waals surface area contributed by atoms with Crippen LogP contribution in [0.15, 0.2) is 28.7 Å². The molecule has 2 rings (SSSR count). The lowest BCUT2D eigenvalue weighted by molar-refractivity contribution is -0.119. The summed E-state index contributed by atoms with van der Waals surface area (Å²) in [5, 5.41) is 2.93. The number of hydrogen-bond donors (Lipinski definition) is 1. The Bertz CT molecular complexity index is 347. The van der Waals surface area contributed by atoms with Crippen molar-refractivity contribution in [2.45, 2.75) is 25.3 Å². The molecule has 2 atom stereocenters. The van der Waals surface area contributed by atoms with Gasteiger partial charge in [-0.1, -0.05) is 28.1 Å². The van der Waals surface area contributed by atoms with Gasteiger partial charge in [-0.2, -0.15) is 0 Å². The summed E-state index contributed by atoms with van der Waals surface area (Å²) < 4.78 is 1.08. The van der Waals surface area contributed by atoms with Crippen LogP contribution in [0.3, 0.4) is 0 Å². The zero-order chi connectivity index (χ0) is 10.1. The Morgan fingerprint density at radius 1 is 1.36 bits per heavy atom. The van der Waals surface area contributed by atoms with E-state index < -0.39 is 0 Å². The molecular weight excluding hydrogens is 242 g/mol. The van der Waals surface area contributed by atoms with E-state index in [1.165, 1.54) is 5.56 Å². The van der Waals surface area contributed by atoms with E-state index in [1.54, 1.807) is 0 Å². The third kappa shape index (κ3) is 1.82. The van der Waals surface area contributed by atoms with Crippen LogP contribution in [0.5, 0.6) is 0 Å². The summed E-state index contributed by atoms with van der Waals surface area (Å²) in [4.78, 5) is 11.2. The number of carbonyl (C=O) groups is 1. The average molecular weight is 254 g/mol. The number of amides is 1. The summed E-state index contributed by atoms with van der Waals surface area (Å²) in [6.45, 7) is 2.05. The van der Waals surface area contributed by atoms with Crippen LogP contribution in [-0.4, -0.2) is 11.9 Å². The molecule has 1 aliphatic rings. The summed E-state index contributed by atoms with van der Waals surface area (Å²) in [5.41, 5.74) is 1.24. The van der Waals surface area contributed by atoms with E-state index in [0.717, 1.165) is 4.47 Å². The van der Waals surface area contributed by atoms with Crippen LogP contribution in [0.25, 0.3) is 0 Å². The normalized spacial score (nSPS) is 26.3. The summed E-state index contributed by atoms with van der Waals surface area (Å²) >= 11 is 3.40. The Hall–Kier alpha value is -0.830. The summed E-state index contributed by atoms with van der Waals surface area (Å²) in [6, 6.07) is 8.44. The molecule has 1 fully saturated rings. The molecule has 0 radical (unpaired) electrons. The standard InChI is InChI=1S/C11H12BrNO/c1-7-10(6-11(14)13-7)8-2-4-9(12)5-3-8/h2-5,7,10H,6H2,1H3,(H,13,14)/t7-,10-/m1/s1. The van der Waals surface area contributed by atoms with Crippen LogP contribution in [0.4, 0.5) is 0 Å². The Labute approximate surface area is 91.8 Å². The fourth-order valence-electron chi connectivity index (χ4n) is 1.91. The molecule has 0 aliphatic carbocycles. The van der Waals surface area contributed by atoms with Gasteiger partial charge in [0.05, 0.1) is 0 Å². The summed E-state index contributed by atoms with van der Waals surface area (Å²) in [5.74, 6) is 0.487. The molecule has 1 heterocycles. The van der Waals surface area contributed by atoms with Crippen molar-refractivity contribution in [3.63, 3.8) is 0 Å². The predicted octanol–water partition coefficient (Wildman–Crippen LogP) is 2.44. The zero-order valence-corrected chi connectivity index (χ0v) is 9.54. The van der Waals surface area contributed by atoms with Crippen LogP contribution < -0.4 is 5.32 Å². The van der Waals surface area contributed by atoms with Gasteiger partial charge in [-0.05, 0) is 24.6 Å². The Kier molecular flexibility index (Phi) is 2.59. The SMILES string of the molecule is C[C@H]1NC(=O)C[C@H]1c1ccc(Br)cc1. The molecule has 1 aromatic rings. The van der Waals surface area contributed by atoms with E-state index in [0.29, 0.717) is 12.3 Å². The number of halogens is 1. The van der Waals surface area contributed by atoms with Gasteiger partial charge in [0, 0.05) is 22.9 Å². The molecule has 14 heavy (non-hydrogen) atoms. The first-order chi connectivity index (χ1) is 6.66. The maximum Gasteiger partial charge on any atom is 0.220 e. The number of rotatable bonds is 1. The van der Waals surface area contributed by atoms with E-state index in [4.69, 9.17) is 0 Å². The molecule has 1 N–H and O–H groups in total. The molecule has 1 aromatic carbocycles. The molecule has 0 bridgehead atoms. The first kappa shape index (κ1) is 9.71. The van der Waals surface area contributed by atoms with Crippen LogP contribution in [0.1, 0.15) is 24.8 Å². The monoisotopic (exact) mass is 253 g/mol. The Morgan fingerprint density at radius 2 is 2.00 bits per heavy atom. The number of hydrogen-bond acceptors (Lipinski definition) is 1. The zero-order valence-electron chi connectivity index (χ0n) is 7.96. The molecule has 1 aliphatic heterocycles. The van der Waals surface area contributed by atoms with Crippen molar-refractivity contribution in [2.75, 3.05) is 0 Å². The molecule has 0 aromatic heterocycles. The van der Waals surface area contributed by atoms with Gasteiger partial charge in [0.2, 0.25) is 5.91 Å². The van der Waals surface area contributed by atoms with Crippen molar-refractivity contribution >= 4 is 21.8 Å². The fraction of sp³-hybridized carbons (Fsp3) is 0.364. The second kappa shape index (κ2) is 3.73. The highest BCUT2D eigenvalue weighted by atomic mass is 79.9. The second-order valence-corrected chi connectivity index (χ2v) is 4.63. The van der Waals surface area contributed by atoms with E-state index in [-0.39, 0.29) is 11.9 Å².